The number of hydrogen-bond donors (Lipinski definition) is 1. The van der Waals surface area contributed by atoms with Gasteiger partial charge in [0, 0.05) is 57.3 Å². The molecule has 4 nitrogen and oxygen atoms in total. The van der Waals surface area contributed by atoms with E-state index in [0.717, 1.165) is 32.2 Å². The third kappa shape index (κ3) is 5.51. The van der Waals surface area contributed by atoms with E-state index in [1.54, 1.807) is 0 Å². The summed E-state index contributed by atoms with van der Waals surface area (Å²) >= 11 is 0. The molecule has 1 aromatic rings. The lowest BCUT2D eigenvalue weighted by Crippen LogP contribution is -2.47. The summed E-state index contributed by atoms with van der Waals surface area (Å²) in [6.07, 6.45) is 0.416. The van der Waals surface area contributed by atoms with Crippen LogP contribution >= 0.6 is 12.4 Å². The van der Waals surface area contributed by atoms with Crippen molar-refractivity contribution >= 4 is 18.3 Å². The fourth-order valence-corrected chi connectivity index (χ4v) is 2.38. The Morgan fingerprint density at radius 2 is 2.00 bits per heavy atom. The second-order valence-corrected chi connectivity index (χ2v) is 5.35. The lowest BCUT2D eigenvalue weighted by Gasteiger charge is -2.28. The van der Waals surface area contributed by atoms with Crippen molar-refractivity contribution in [1.29, 1.82) is 0 Å². The van der Waals surface area contributed by atoms with Crippen LogP contribution in [0.3, 0.4) is 0 Å². The van der Waals surface area contributed by atoms with Crippen LogP contribution in [-0.2, 0) is 11.3 Å². The molecular formula is C15H22ClF2N3O. The van der Waals surface area contributed by atoms with Crippen LogP contribution in [-0.4, -0.2) is 55.5 Å². The second kappa shape index (κ2) is 9.02. The summed E-state index contributed by atoms with van der Waals surface area (Å²) in [5.41, 5.74) is 0.438. The highest BCUT2D eigenvalue weighted by atomic mass is 35.5. The van der Waals surface area contributed by atoms with Crippen LogP contribution in [0.2, 0.25) is 0 Å². The third-order valence-electron chi connectivity index (χ3n) is 3.63. The first kappa shape index (κ1) is 18.8. The number of nitrogens with zero attached hydrogens (tertiary/aromatic N) is 2. The predicted molar refractivity (Wildman–Crippen MR) is 84.0 cm³/mol. The third-order valence-corrected chi connectivity index (χ3v) is 3.63. The van der Waals surface area contributed by atoms with Crippen LogP contribution in [0.1, 0.15) is 12.0 Å². The molecule has 0 bridgehead atoms. The van der Waals surface area contributed by atoms with Gasteiger partial charge in [0.05, 0.1) is 0 Å². The van der Waals surface area contributed by atoms with E-state index >= 15 is 0 Å². The van der Waals surface area contributed by atoms with Crippen molar-refractivity contribution in [3.63, 3.8) is 0 Å². The molecule has 0 saturated carbocycles. The summed E-state index contributed by atoms with van der Waals surface area (Å²) in [6.45, 7) is 4.08. The van der Waals surface area contributed by atoms with Gasteiger partial charge in [0.2, 0.25) is 5.91 Å². The van der Waals surface area contributed by atoms with Gasteiger partial charge in [-0.15, -0.1) is 12.4 Å². The largest absolute Gasteiger partial charge is 0.340 e. The molecule has 1 fully saturated rings. The van der Waals surface area contributed by atoms with Gasteiger partial charge in [-0.2, -0.15) is 0 Å². The first-order valence-electron chi connectivity index (χ1n) is 7.17. The fourth-order valence-electron chi connectivity index (χ4n) is 2.38. The van der Waals surface area contributed by atoms with E-state index < -0.39 is 11.6 Å². The molecule has 1 heterocycles. The van der Waals surface area contributed by atoms with E-state index in [0.29, 0.717) is 25.1 Å². The van der Waals surface area contributed by atoms with Crippen molar-refractivity contribution in [1.82, 2.24) is 15.1 Å². The molecule has 1 aliphatic rings. The SMILES string of the molecule is CN(CCC(=O)N1CCNCC1)Cc1ccc(F)cc1F.Cl. The highest BCUT2D eigenvalue weighted by Gasteiger charge is 2.16. The van der Waals surface area contributed by atoms with Gasteiger partial charge in [-0.1, -0.05) is 6.07 Å². The van der Waals surface area contributed by atoms with Crippen LogP contribution in [0.4, 0.5) is 8.78 Å². The van der Waals surface area contributed by atoms with Crippen LogP contribution in [0.25, 0.3) is 0 Å². The lowest BCUT2D eigenvalue weighted by atomic mass is 10.2. The first-order valence-corrected chi connectivity index (χ1v) is 7.17. The molecule has 7 heteroatoms. The molecule has 0 radical (unpaired) electrons. The predicted octanol–water partition coefficient (Wildman–Crippen LogP) is 1.64. The summed E-state index contributed by atoms with van der Waals surface area (Å²) < 4.78 is 26.4. The van der Waals surface area contributed by atoms with Gasteiger partial charge >= 0.3 is 0 Å². The fraction of sp³-hybridized carbons (Fsp3) is 0.533. The number of carbonyl (C=O) groups excluding carboxylic acids is 1. The quantitative estimate of drug-likeness (QED) is 0.890. The topological polar surface area (TPSA) is 35.6 Å². The molecule has 1 N–H and O–H groups in total. The first-order chi connectivity index (χ1) is 10.1. The number of nitrogens with one attached hydrogen (secondary N) is 1. The lowest BCUT2D eigenvalue weighted by molar-refractivity contribution is -0.132. The number of benzene rings is 1. The number of rotatable bonds is 5. The molecule has 0 spiro atoms. The average Bonchev–Trinajstić information content (AvgIpc) is 2.48. The van der Waals surface area contributed by atoms with E-state index in [4.69, 9.17) is 0 Å². The monoisotopic (exact) mass is 333 g/mol. The van der Waals surface area contributed by atoms with Crippen LogP contribution in [0, 0.1) is 11.6 Å². The minimum atomic E-state index is -0.576. The van der Waals surface area contributed by atoms with Crippen molar-refractivity contribution in [2.75, 3.05) is 39.8 Å². The maximum Gasteiger partial charge on any atom is 0.223 e. The van der Waals surface area contributed by atoms with Crippen molar-refractivity contribution in [2.45, 2.75) is 13.0 Å². The summed E-state index contributed by atoms with van der Waals surface area (Å²) in [5.74, 6) is -0.994. The molecule has 0 unspecified atom stereocenters. The highest BCUT2D eigenvalue weighted by molar-refractivity contribution is 5.85. The van der Waals surface area contributed by atoms with Gasteiger partial charge in [0.25, 0.3) is 0 Å². The molecular weight excluding hydrogens is 312 g/mol. The molecule has 1 aromatic carbocycles. The Balaban J connectivity index is 0.00000242. The molecule has 1 amide bonds. The van der Waals surface area contributed by atoms with Gasteiger partial charge in [0.15, 0.2) is 0 Å². The Kier molecular flexibility index (Phi) is 7.72. The molecule has 1 saturated heterocycles. The second-order valence-electron chi connectivity index (χ2n) is 5.35. The van der Waals surface area contributed by atoms with E-state index in [1.165, 1.54) is 12.1 Å². The smallest absolute Gasteiger partial charge is 0.223 e. The average molecular weight is 334 g/mol. The van der Waals surface area contributed by atoms with Gasteiger partial charge in [-0.05, 0) is 13.1 Å². The maximum atomic E-state index is 13.6. The summed E-state index contributed by atoms with van der Waals surface area (Å²) in [7, 11) is 1.83. The van der Waals surface area contributed by atoms with Crippen molar-refractivity contribution < 1.29 is 13.6 Å². The van der Waals surface area contributed by atoms with Gasteiger partial charge in [0.1, 0.15) is 11.6 Å². The van der Waals surface area contributed by atoms with E-state index in [9.17, 15) is 13.6 Å². The highest BCUT2D eigenvalue weighted by Crippen LogP contribution is 2.11. The molecule has 1 aliphatic heterocycles. The zero-order chi connectivity index (χ0) is 15.2. The van der Waals surface area contributed by atoms with Gasteiger partial charge in [-0.25, -0.2) is 8.78 Å². The van der Waals surface area contributed by atoms with Crippen LogP contribution in [0.5, 0.6) is 0 Å². The minimum absolute atomic E-state index is 0. The van der Waals surface area contributed by atoms with Crippen LogP contribution < -0.4 is 5.32 Å². The summed E-state index contributed by atoms with van der Waals surface area (Å²) in [5, 5.41) is 3.20. The number of piperazine rings is 1. The molecule has 124 valence electrons. The van der Waals surface area contributed by atoms with Gasteiger partial charge < -0.3 is 15.1 Å². The molecule has 0 aromatic heterocycles. The van der Waals surface area contributed by atoms with Crippen molar-refractivity contribution in [3.05, 3.63) is 35.4 Å². The Bertz CT molecular complexity index is 496. The zero-order valence-electron chi connectivity index (χ0n) is 12.6. The van der Waals surface area contributed by atoms with E-state index in [1.807, 2.05) is 16.8 Å². The van der Waals surface area contributed by atoms with Crippen molar-refractivity contribution in [3.8, 4) is 0 Å². The minimum Gasteiger partial charge on any atom is -0.340 e. The number of amides is 1. The zero-order valence-corrected chi connectivity index (χ0v) is 13.5. The standard InChI is InChI=1S/C15H21F2N3O.ClH/c1-19(11-12-2-3-13(16)10-14(12)17)7-4-15(21)20-8-5-18-6-9-20;/h2-3,10,18H,4-9,11H2,1H3;1H. The molecule has 2 rings (SSSR count). The Morgan fingerprint density at radius 1 is 1.32 bits per heavy atom. The Hall–Kier alpha value is -1.24. The van der Waals surface area contributed by atoms with Crippen LogP contribution in [0.15, 0.2) is 18.2 Å². The summed E-state index contributed by atoms with van der Waals surface area (Å²) in [6, 6.07) is 3.58. The number of halogens is 3. The molecule has 0 atom stereocenters. The van der Waals surface area contributed by atoms with Gasteiger partial charge in [-0.3, -0.25) is 4.79 Å². The van der Waals surface area contributed by atoms with E-state index in [-0.39, 0.29) is 18.3 Å². The van der Waals surface area contributed by atoms with E-state index in [2.05, 4.69) is 5.32 Å². The Morgan fingerprint density at radius 3 is 2.64 bits per heavy atom. The summed E-state index contributed by atoms with van der Waals surface area (Å²) in [4.78, 5) is 15.7. The van der Waals surface area contributed by atoms with Crippen molar-refractivity contribution in [2.24, 2.45) is 0 Å². The number of carbonyl (C=O) groups is 1. The molecule has 0 aliphatic carbocycles. The maximum absolute atomic E-state index is 13.6. The number of hydrogen-bond acceptors (Lipinski definition) is 3. The Labute approximate surface area is 135 Å². The molecule has 22 heavy (non-hydrogen) atoms. The normalized spacial score (nSPS) is 14.8.